The quantitative estimate of drug-likeness (QED) is 0.665. The summed E-state index contributed by atoms with van der Waals surface area (Å²) in [5.41, 5.74) is 1.74. The van der Waals surface area contributed by atoms with Gasteiger partial charge in [-0.1, -0.05) is 18.2 Å². The maximum Gasteiger partial charge on any atom is 0.335 e. The minimum atomic E-state index is -0.959. The fraction of sp³-hybridized carbons (Fsp3) is 0. The smallest absolute Gasteiger partial charge is 0.335 e. The van der Waals surface area contributed by atoms with Gasteiger partial charge in [-0.15, -0.1) is 0 Å². The van der Waals surface area contributed by atoms with E-state index >= 15 is 0 Å². The molecule has 1 heterocycles. The van der Waals surface area contributed by atoms with E-state index in [0.717, 1.165) is 10.5 Å². The number of carboxylic acid groups (broad SMARTS) is 1. The molecule has 2 aromatic carbocycles. The fourth-order valence-electron chi connectivity index (χ4n) is 2.01. The molecule has 0 bridgehead atoms. The molecule has 0 aliphatic carbocycles. The van der Waals surface area contributed by atoms with Gasteiger partial charge in [0.1, 0.15) is 5.76 Å². The van der Waals surface area contributed by atoms with Crippen molar-refractivity contribution in [1.82, 2.24) is 0 Å². The number of hydrogen-bond donors (Lipinski definition) is 2. The molecular weight excluding hydrogens is 298 g/mol. The van der Waals surface area contributed by atoms with Gasteiger partial charge in [0.15, 0.2) is 0 Å². The van der Waals surface area contributed by atoms with Crippen LogP contribution in [-0.4, -0.2) is 11.1 Å². The summed E-state index contributed by atoms with van der Waals surface area (Å²) in [6.07, 6.45) is 1.59. The van der Waals surface area contributed by atoms with E-state index in [9.17, 15) is 4.79 Å². The monoisotopic (exact) mass is 311 g/mol. The first kappa shape index (κ1) is 14.3. The zero-order valence-corrected chi connectivity index (χ0v) is 12.3. The summed E-state index contributed by atoms with van der Waals surface area (Å²) < 4.78 is 8.62. The number of anilines is 1. The van der Waals surface area contributed by atoms with Crippen molar-refractivity contribution in [3.05, 3.63) is 72.5 Å². The van der Waals surface area contributed by atoms with Crippen molar-refractivity contribution in [2.45, 2.75) is 4.90 Å². The number of rotatable bonds is 5. The van der Waals surface area contributed by atoms with Gasteiger partial charge in [-0.2, -0.15) is 0 Å². The highest BCUT2D eigenvalue weighted by molar-refractivity contribution is 8.00. The summed E-state index contributed by atoms with van der Waals surface area (Å²) in [6, 6.07) is 18.4. The lowest BCUT2D eigenvalue weighted by atomic mass is 10.1. The lowest BCUT2D eigenvalue weighted by molar-refractivity contribution is 0.0697. The van der Waals surface area contributed by atoms with Gasteiger partial charge in [-0.3, -0.25) is 0 Å². The molecule has 0 aliphatic heterocycles. The van der Waals surface area contributed by atoms with E-state index in [1.807, 2.05) is 36.4 Å². The average molecular weight is 311 g/mol. The standard InChI is InChI=1S/C17H13NO3S/c19-17(20)12-8-9-14(16-7-4-10-21-16)15(11-12)18-22-13-5-2-1-3-6-13/h1-11,18H,(H,19,20). The maximum absolute atomic E-state index is 11.2. The van der Waals surface area contributed by atoms with Gasteiger partial charge in [0.05, 0.1) is 17.5 Å². The molecule has 1 aromatic heterocycles. The van der Waals surface area contributed by atoms with Crippen LogP contribution in [0.4, 0.5) is 5.69 Å². The van der Waals surface area contributed by atoms with Gasteiger partial charge in [-0.05, 0) is 54.4 Å². The average Bonchev–Trinajstić information content (AvgIpc) is 3.08. The molecule has 22 heavy (non-hydrogen) atoms. The Hall–Kier alpha value is -2.66. The SMILES string of the molecule is O=C(O)c1ccc(-c2ccco2)c(NSc2ccccc2)c1. The van der Waals surface area contributed by atoms with Crippen LogP contribution >= 0.6 is 11.9 Å². The van der Waals surface area contributed by atoms with Gasteiger partial charge in [0, 0.05) is 10.5 Å². The van der Waals surface area contributed by atoms with Crippen molar-refractivity contribution in [3.8, 4) is 11.3 Å². The molecule has 0 saturated carbocycles. The second kappa shape index (κ2) is 6.41. The molecule has 3 rings (SSSR count). The molecule has 0 atom stereocenters. The first-order valence-corrected chi connectivity index (χ1v) is 7.45. The van der Waals surface area contributed by atoms with Gasteiger partial charge in [0.25, 0.3) is 0 Å². The second-order valence-corrected chi connectivity index (χ2v) is 5.44. The van der Waals surface area contributed by atoms with Crippen LogP contribution in [-0.2, 0) is 0 Å². The third kappa shape index (κ3) is 3.15. The summed E-state index contributed by atoms with van der Waals surface area (Å²) in [6.45, 7) is 0. The number of hydrogen-bond acceptors (Lipinski definition) is 4. The summed E-state index contributed by atoms with van der Waals surface area (Å²) in [5, 5.41) is 9.16. The number of carbonyl (C=O) groups is 1. The Bertz CT molecular complexity index is 770. The van der Waals surface area contributed by atoms with Gasteiger partial charge in [0.2, 0.25) is 0 Å². The minimum Gasteiger partial charge on any atom is -0.478 e. The Morgan fingerprint density at radius 3 is 2.55 bits per heavy atom. The summed E-state index contributed by atoms with van der Waals surface area (Å²) in [7, 11) is 0. The molecule has 3 aromatic rings. The van der Waals surface area contributed by atoms with Crippen LogP contribution in [0.1, 0.15) is 10.4 Å². The van der Waals surface area contributed by atoms with Gasteiger partial charge >= 0.3 is 5.97 Å². The van der Waals surface area contributed by atoms with Crippen LogP contribution in [0.15, 0.2) is 76.2 Å². The Labute approximate surface area is 131 Å². The Balaban J connectivity index is 1.92. The predicted molar refractivity (Wildman–Crippen MR) is 87.0 cm³/mol. The van der Waals surface area contributed by atoms with E-state index in [2.05, 4.69) is 4.72 Å². The van der Waals surface area contributed by atoms with E-state index in [4.69, 9.17) is 9.52 Å². The minimum absolute atomic E-state index is 0.228. The van der Waals surface area contributed by atoms with Crippen molar-refractivity contribution in [2.24, 2.45) is 0 Å². The topological polar surface area (TPSA) is 62.5 Å². The molecule has 0 radical (unpaired) electrons. The highest BCUT2D eigenvalue weighted by atomic mass is 32.2. The number of nitrogens with one attached hydrogen (secondary N) is 1. The number of furan rings is 1. The van der Waals surface area contributed by atoms with E-state index < -0.39 is 5.97 Å². The van der Waals surface area contributed by atoms with Crippen LogP contribution in [0.2, 0.25) is 0 Å². The first-order valence-electron chi connectivity index (χ1n) is 6.63. The largest absolute Gasteiger partial charge is 0.478 e. The lowest BCUT2D eigenvalue weighted by Crippen LogP contribution is -1.98. The van der Waals surface area contributed by atoms with E-state index in [-0.39, 0.29) is 5.56 Å². The summed E-state index contributed by atoms with van der Waals surface area (Å²) >= 11 is 1.42. The van der Waals surface area contributed by atoms with Crippen molar-refractivity contribution < 1.29 is 14.3 Å². The molecule has 4 nitrogen and oxygen atoms in total. The fourth-order valence-corrected chi connectivity index (χ4v) is 2.70. The van der Waals surface area contributed by atoms with Crippen molar-refractivity contribution in [3.63, 3.8) is 0 Å². The number of benzene rings is 2. The van der Waals surface area contributed by atoms with Gasteiger partial charge in [-0.25, -0.2) is 4.79 Å². The molecular formula is C17H13NO3S. The zero-order valence-electron chi connectivity index (χ0n) is 11.5. The third-order valence-electron chi connectivity index (χ3n) is 3.08. The summed E-state index contributed by atoms with van der Waals surface area (Å²) in [5.74, 6) is -0.271. The zero-order chi connectivity index (χ0) is 15.4. The first-order chi connectivity index (χ1) is 10.7. The van der Waals surface area contributed by atoms with E-state index in [0.29, 0.717) is 11.4 Å². The molecule has 0 saturated heterocycles. The molecule has 0 fully saturated rings. The molecule has 0 aliphatic rings. The Morgan fingerprint density at radius 2 is 1.86 bits per heavy atom. The number of carboxylic acids is 1. The molecule has 0 amide bonds. The summed E-state index contributed by atoms with van der Waals surface area (Å²) in [4.78, 5) is 12.2. The lowest BCUT2D eigenvalue weighted by Gasteiger charge is -2.11. The Morgan fingerprint density at radius 1 is 1.05 bits per heavy atom. The molecule has 110 valence electrons. The Kier molecular flexibility index (Phi) is 4.16. The van der Waals surface area contributed by atoms with Crippen LogP contribution in [0.25, 0.3) is 11.3 Å². The highest BCUT2D eigenvalue weighted by Crippen LogP contribution is 2.32. The van der Waals surface area contributed by atoms with Crippen LogP contribution in [0, 0.1) is 0 Å². The predicted octanol–water partition coefficient (Wildman–Crippen LogP) is 4.76. The molecule has 0 unspecified atom stereocenters. The number of aromatic carboxylic acids is 1. The van der Waals surface area contributed by atoms with Crippen molar-refractivity contribution in [2.75, 3.05) is 4.72 Å². The molecule has 2 N–H and O–H groups in total. The second-order valence-electron chi connectivity index (χ2n) is 4.56. The van der Waals surface area contributed by atoms with Crippen molar-refractivity contribution in [1.29, 1.82) is 0 Å². The highest BCUT2D eigenvalue weighted by Gasteiger charge is 2.12. The van der Waals surface area contributed by atoms with Crippen molar-refractivity contribution >= 4 is 23.6 Å². The molecule has 0 spiro atoms. The van der Waals surface area contributed by atoms with Crippen LogP contribution in [0.3, 0.4) is 0 Å². The van der Waals surface area contributed by atoms with E-state index in [1.54, 1.807) is 30.5 Å². The van der Waals surface area contributed by atoms with Crippen LogP contribution in [0.5, 0.6) is 0 Å². The van der Waals surface area contributed by atoms with Crippen LogP contribution < -0.4 is 4.72 Å². The third-order valence-corrected chi connectivity index (χ3v) is 3.91. The van der Waals surface area contributed by atoms with E-state index in [1.165, 1.54) is 11.9 Å². The maximum atomic E-state index is 11.2. The van der Waals surface area contributed by atoms with Gasteiger partial charge < -0.3 is 14.2 Å². The normalized spacial score (nSPS) is 10.4. The molecule has 5 heteroatoms.